The van der Waals surface area contributed by atoms with Crippen LogP contribution in [-0.2, 0) is 12.7 Å². The van der Waals surface area contributed by atoms with Gasteiger partial charge in [0.1, 0.15) is 0 Å². The second kappa shape index (κ2) is 7.32. The van der Waals surface area contributed by atoms with E-state index in [1.807, 2.05) is 6.07 Å². The fourth-order valence-corrected chi connectivity index (χ4v) is 2.77. The summed E-state index contributed by atoms with van der Waals surface area (Å²) in [6.07, 6.45) is -6.23. The van der Waals surface area contributed by atoms with Gasteiger partial charge in [-0.15, -0.1) is 0 Å². The Hall–Kier alpha value is -2.63. The fraction of sp³-hybridized carbons (Fsp3) is 0.333. The first kappa shape index (κ1) is 19.7. The van der Waals surface area contributed by atoms with Crippen molar-refractivity contribution < 1.29 is 23.4 Å². The van der Waals surface area contributed by atoms with E-state index in [9.17, 15) is 23.1 Å². The summed E-state index contributed by atoms with van der Waals surface area (Å²) in [6.45, 7) is 9.39. The maximum Gasteiger partial charge on any atom is 0.407 e. The van der Waals surface area contributed by atoms with Gasteiger partial charge in [0.05, 0.1) is 31.4 Å². The molecule has 1 aromatic carbocycles. The van der Waals surface area contributed by atoms with Crippen LogP contribution in [0.5, 0.6) is 0 Å². The topological polar surface area (TPSA) is 66.8 Å². The number of aromatic nitrogens is 1. The molecule has 8 heteroatoms. The summed E-state index contributed by atoms with van der Waals surface area (Å²) < 4.78 is 40.9. The zero-order valence-electron chi connectivity index (χ0n) is 14.1. The normalized spacial score (nSPS) is 12.7. The Morgan fingerprint density at radius 3 is 2.23 bits per heavy atom. The second-order valence-electron chi connectivity index (χ2n) is 6.03. The van der Waals surface area contributed by atoms with Crippen LogP contribution in [0.3, 0.4) is 0 Å². The van der Waals surface area contributed by atoms with Crippen LogP contribution in [0.2, 0.25) is 0 Å². The Labute approximate surface area is 147 Å². The van der Waals surface area contributed by atoms with Gasteiger partial charge < -0.3 is 14.8 Å². The summed E-state index contributed by atoms with van der Waals surface area (Å²) in [5.41, 5.74) is -1.69. The standard InChI is InChI=1S/C18H17F3N2O3/c1-10-4-11(2)6-12(5-10)15-7-14(18(19,20)21)16(22-3)17(26)23(15)8-13(25)9-24/h4-7,13,24-25H,8-9H2,1-2H3. The molecule has 1 aromatic heterocycles. The largest absolute Gasteiger partial charge is 0.407 e. The van der Waals surface area contributed by atoms with Crippen molar-refractivity contribution in [2.24, 2.45) is 0 Å². The molecule has 2 aromatic rings. The molecule has 5 nitrogen and oxygen atoms in total. The van der Waals surface area contributed by atoms with Gasteiger partial charge in [0.2, 0.25) is 0 Å². The van der Waals surface area contributed by atoms with Gasteiger partial charge in [-0.1, -0.05) is 17.2 Å². The predicted molar refractivity (Wildman–Crippen MR) is 90.0 cm³/mol. The summed E-state index contributed by atoms with van der Waals surface area (Å²) in [5, 5.41) is 18.7. The molecule has 26 heavy (non-hydrogen) atoms. The molecule has 0 aliphatic rings. The Kier molecular flexibility index (Phi) is 5.54. The van der Waals surface area contributed by atoms with Crippen LogP contribution in [0, 0.1) is 20.4 Å². The van der Waals surface area contributed by atoms with E-state index in [-0.39, 0.29) is 5.69 Å². The molecule has 0 saturated heterocycles. The van der Waals surface area contributed by atoms with E-state index in [2.05, 4.69) is 4.85 Å². The van der Waals surface area contributed by atoms with Gasteiger partial charge >= 0.3 is 6.18 Å². The number of aryl methyl sites for hydroxylation is 2. The smallest absolute Gasteiger partial charge is 0.394 e. The van der Waals surface area contributed by atoms with Crippen molar-refractivity contribution in [2.75, 3.05) is 6.61 Å². The number of alkyl halides is 3. The average molecular weight is 366 g/mol. The average Bonchev–Trinajstić information content (AvgIpc) is 2.54. The lowest BCUT2D eigenvalue weighted by atomic mass is 10.0. The van der Waals surface area contributed by atoms with Crippen LogP contribution < -0.4 is 5.56 Å². The van der Waals surface area contributed by atoms with Gasteiger partial charge in [0, 0.05) is 5.69 Å². The summed E-state index contributed by atoms with van der Waals surface area (Å²) in [4.78, 5) is 15.3. The first-order valence-corrected chi connectivity index (χ1v) is 7.68. The van der Waals surface area contributed by atoms with Crippen LogP contribution in [0.4, 0.5) is 18.9 Å². The van der Waals surface area contributed by atoms with E-state index in [1.165, 1.54) is 0 Å². The van der Waals surface area contributed by atoms with E-state index < -0.39 is 42.2 Å². The van der Waals surface area contributed by atoms with Gasteiger partial charge in [-0.25, -0.2) is 4.85 Å². The third-order valence-electron chi connectivity index (χ3n) is 3.81. The number of benzene rings is 1. The molecule has 0 saturated carbocycles. The van der Waals surface area contributed by atoms with Crippen molar-refractivity contribution in [3.05, 3.63) is 62.7 Å². The molecule has 0 spiro atoms. The zero-order valence-corrected chi connectivity index (χ0v) is 14.1. The van der Waals surface area contributed by atoms with Gasteiger partial charge in [-0.2, -0.15) is 13.2 Å². The molecule has 1 heterocycles. The van der Waals surface area contributed by atoms with E-state index in [0.29, 0.717) is 5.56 Å². The van der Waals surface area contributed by atoms with Crippen LogP contribution in [0.15, 0.2) is 29.1 Å². The van der Waals surface area contributed by atoms with E-state index in [0.717, 1.165) is 21.8 Å². The third kappa shape index (κ3) is 3.95. The quantitative estimate of drug-likeness (QED) is 0.818. The lowest BCUT2D eigenvalue weighted by Crippen LogP contribution is -2.31. The number of halogens is 3. The number of aliphatic hydroxyl groups is 2. The zero-order chi connectivity index (χ0) is 19.6. The first-order chi connectivity index (χ1) is 12.1. The molecule has 1 atom stereocenters. The highest BCUT2D eigenvalue weighted by atomic mass is 19.4. The molecule has 0 aliphatic carbocycles. The SMILES string of the molecule is [C-]#[N+]c1c(C(F)(F)F)cc(-c2cc(C)cc(C)c2)n(CC(O)CO)c1=O. The minimum atomic E-state index is -4.87. The van der Waals surface area contributed by atoms with Crippen molar-refractivity contribution in [1.29, 1.82) is 0 Å². The maximum atomic E-state index is 13.3. The molecule has 2 rings (SSSR count). The van der Waals surface area contributed by atoms with Gasteiger partial charge in [-0.05, 0) is 37.6 Å². The summed E-state index contributed by atoms with van der Waals surface area (Å²) in [5.74, 6) is 0. The number of pyridine rings is 1. The van der Waals surface area contributed by atoms with Gasteiger partial charge in [-0.3, -0.25) is 4.79 Å². The highest BCUT2D eigenvalue weighted by Gasteiger charge is 2.36. The van der Waals surface area contributed by atoms with Crippen molar-refractivity contribution in [3.8, 4) is 11.3 Å². The maximum absolute atomic E-state index is 13.3. The van der Waals surface area contributed by atoms with Crippen molar-refractivity contribution in [2.45, 2.75) is 32.7 Å². The minimum absolute atomic E-state index is 0.0750. The molecular weight excluding hydrogens is 349 g/mol. The van der Waals surface area contributed by atoms with E-state index >= 15 is 0 Å². The van der Waals surface area contributed by atoms with Gasteiger partial charge in [0.25, 0.3) is 11.2 Å². The molecule has 0 bridgehead atoms. The number of aliphatic hydroxyl groups excluding tert-OH is 2. The van der Waals surface area contributed by atoms with Crippen molar-refractivity contribution in [3.63, 3.8) is 0 Å². The highest BCUT2D eigenvalue weighted by molar-refractivity contribution is 5.67. The molecule has 0 aliphatic heterocycles. The third-order valence-corrected chi connectivity index (χ3v) is 3.81. The number of hydrogen-bond acceptors (Lipinski definition) is 3. The minimum Gasteiger partial charge on any atom is -0.394 e. The van der Waals surface area contributed by atoms with Crippen LogP contribution in [0.25, 0.3) is 16.1 Å². The summed E-state index contributed by atoms with van der Waals surface area (Å²) >= 11 is 0. The highest BCUT2D eigenvalue weighted by Crippen LogP contribution is 2.37. The first-order valence-electron chi connectivity index (χ1n) is 7.68. The lowest BCUT2D eigenvalue weighted by molar-refractivity contribution is -0.136. The van der Waals surface area contributed by atoms with Crippen LogP contribution in [0.1, 0.15) is 16.7 Å². The molecule has 0 amide bonds. The molecule has 1 unspecified atom stereocenters. The Morgan fingerprint density at radius 2 is 1.77 bits per heavy atom. The van der Waals surface area contributed by atoms with Gasteiger partial charge in [0.15, 0.2) is 0 Å². The predicted octanol–water partition coefficient (Wildman–Crippen LogP) is 3.05. The summed E-state index contributed by atoms with van der Waals surface area (Å²) in [6, 6.07) is 5.79. The second-order valence-corrected chi connectivity index (χ2v) is 6.03. The Bertz CT molecular complexity index is 907. The molecule has 138 valence electrons. The van der Waals surface area contributed by atoms with E-state index in [1.54, 1.807) is 26.0 Å². The summed E-state index contributed by atoms with van der Waals surface area (Å²) in [7, 11) is 0. The lowest BCUT2D eigenvalue weighted by Gasteiger charge is -2.20. The van der Waals surface area contributed by atoms with E-state index in [4.69, 9.17) is 11.7 Å². The molecule has 0 radical (unpaired) electrons. The Morgan fingerprint density at radius 1 is 1.19 bits per heavy atom. The van der Waals surface area contributed by atoms with Crippen LogP contribution >= 0.6 is 0 Å². The number of rotatable bonds is 4. The monoisotopic (exact) mass is 366 g/mol. The Balaban J connectivity index is 2.89. The fourth-order valence-electron chi connectivity index (χ4n) is 2.77. The van der Waals surface area contributed by atoms with Crippen molar-refractivity contribution in [1.82, 2.24) is 4.57 Å². The van der Waals surface area contributed by atoms with Crippen molar-refractivity contribution >= 4 is 5.69 Å². The molecule has 2 N–H and O–H groups in total. The molecular formula is C18H17F3N2O3. The van der Waals surface area contributed by atoms with Crippen LogP contribution in [-0.4, -0.2) is 27.5 Å². The number of nitrogens with zero attached hydrogens (tertiary/aromatic N) is 2. The number of hydrogen-bond donors (Lipinski definition) is 2. The molecule has 0 fully saturated rings.